The van der Waals surface area contributed by atoms with Gasteiger partial charge in [0, 0.05) is 26.6 Å². The van der Waals surface area contributed by atoms with Crippen molar-refractivity contribution >= 4 is 5.91 Å². The van der Waals surface area contributed by atoms with E-state index in [1.165, 1.54) is 16.7 Å². The number of rotatable bonds is 5. The minimum absolute atomic E-state index is 0.151. The van der Waals surface area contributed by atoms with Gasteiger partial charge in [-0.15, -0.1) is 0 Å². The molecular weight excluding hydrogens is 264 g/mol. The number of ether oxygens (including phenoxy) is 1. The van der Waals surface area contributed by atoms with E-state index in [1.807, 2.05) is 0 Å². The van der Waals surface area contributed by atoms with Crippen molar-refractivity contribution in [2.45, 2.75) is 33.2 Å². The van der Waals surface area contributed by atoms with Gasteiger partial charge < -0.3 is 10.1 Å². The highest BCUT2D eigenvalue weighted by Crippen LogP contribution is 2.26. The second kappa shape index (κ2) is 6.94. The first-order valence-corrected chi connectivity index (χ1v) is 7.60. The van der Waals surface area contributed by atoms with Crippen molar-refractivity contribution in [1.29, 1.82) is 0 Å². The van der Waals surface area contributed by atoms with Gasteiger partial charge in [0.05, 0.1) is 7.11 Å². The third-order valence-corrected chi connectivity index (χ3v) is 4.37. The van der Waals surface area contributed by atoms with Crippen LogP contribution in [0.2, 0.25) is 0 Å². The number of nitrogens with zero attached hydrogens (tertiary/aromatic N) is 1. The summed E-state index contributed by atoms with van der Waals surface area (Å²) >= 11 is 0. The first kappa shape index (κ1) is 15.8. The Morgan fingerprint density at radius 2 is 2.14 bits per heavy atom. The van der Waals surface area contributed by atoms with Gasteiger partial charge in [0.25, 0.3) is 0 Å². The molecule has 0 aliphatic carbocycles. The maximum absolute atomic E-state index is 11.5. The van der Waals surface area contributed by atoms with E-state index in [-0.39, 0.29) is 5.91 Å². The SMILES string of the molecule is CNC(=O)CC1CCN(Cc2cc(C)c(OC)cc2C)C1. The highest BCUT2D eigenvalue weighted by Gasteiger charge is 2.24. The molecule has 1 fully saturated rings. The van der Waals surface area contributed by atoms with Crippen LogP contribution in [-0.2, 0) is 11.3 Å². The van der Waals surface area contributed by atoms with E-state index in [0.717, 1.165) is 31.8 Å². The second-order valence-corrected chi connectivity index (χ2v) is 6.02. The molecule has 1 aliphatic rings. The molecule has 1 N–H and O–H groups in total. The quantitative estimate of drug-likeness (QED) is 0.904. The van der Waals surface area contributed by atoms with Gasteiger partial charge in [-0.3, -0.25) is 9.69 Å². The van der Waals surface area contributed by atoms with Crippen molar-refractivity contribution < 1.29 is 9.53 Å². The van der Waals surface area contributed by atoms with Crippen molar-refractivity contribution in [3.05, 3.63) is 28.8 Å². The maximum atomic E-state index is 11.5. The summed E-state index contributed by atoms with van der Waals surface area (Å²) in [7, 11) is 3.42. The third-order valence-electron chi connectivity index (χ3n) is 4.37. The Labute approximate surface area is 127 Å². The zero-order chi connectivity index (χ0) is 15.4. The summed E-state index contributed by atoms with van der Waals surface area (Å²) in [6.07, 6.45) is 1.76. The molecule has 1 amide bonds. The minimum Gasteiger partial charge on any atom is -0.496 e. The lowest BCUT2D eigenvalue weighted by atomic mass is 10.0. The van der Waals surface area contributed by atoms with E-state index in [1.54, 1.807) is 14.2 Å². The molecule has 0 spiro atoms. The summed E-state index contributed by atoms with van der Waals surface area (Å²) < 4.78 is 5.37. The summed E-state index contributed by atoms with van der Waals surface area (Å²) in [6.45, 7) is 7.26. The number of methoxy groups -OCH3 is 1. The number of nitrogens with one attached hydrogen (secondary N) is 1. The van der Waals surface area contributed by atoms with Gasteiger partial charge >= 0.3 is 0 Å². The molecule has 1 aromatic carbocycles. The summed E-state index contributed by atoms with van der Waals surface area (Å²) in [4.78, 5) is 13.9. The van der Waals surface area contributed by atoms with Crippen LogP contribution < -0.4 is 10.1 Å². The number of carbonyl (C=O) groups is 1. The average molecular weight is 290 g/mol. The Bertz CT molecular complexity index is 514. The van der Waals surface area contributed by atoms with Crippen molar-refractivity contribution in [2.24, 2.45) is 5.92 Å². The van der Waals surface area contributed by atoms with E-state index in [2.05, 4.69) is 36.2 Å². The van der Waals surface area contributed by atoms with Gasteiger partial charge in [0.2, 0.25) is 5.91 Å². The predicted octanol–water partition coefficient (Wildman–Crippen LogP) is 2.27. The molecule has 0 aromatic heterocycles. The van der Waals surface area contributed by atoms with Crippen LogP contribution in [0.15, 0.2) is 12.1 Å². The molecule has 4 nitrogen and oxygen atoms in total. The lowest BCUT2D eigenvalue weighted by Gasteiger charge is -2.19. The zero-order valence-corrected chi connectivity index (χ0v) is 13.5. The normalized spacial score (nSPS) is 18.8. The number of aryl methyl sites for hydroxylation is 2. The molecule has 1 unspecified atom stereocenters. The third kappa shape index (κ3) is 3.97. The molecule has 1 saturated heterocycles. The second-order valence-electron chi connectivity index (χ2n) is 6.02. The van der Waals surface area contributed by atoms with Gasteiger partial charge in [0.15, 0.2) is 0 Å². The largest absolute Gasteiger partial charge is 0.496 e. The van der Waals surface area contributed by atoms with Gasteiger partial charge in [-0.1, -0.05) is 6.07 Å². The van der Waals surface area contributed by atoms with Crippen molar-refractivity contribution in [3.8, 4) is 5.75 Å². The molecular formula is C17H26N2O2. The Balaban J connectivity index is 1.97. The Morgan fingerprint density at radius 3 is 2.81 bits per heavy atom. The van der Waals surface area contributed by atoms with Crippen molar-refractivity contribution in [2.75, 3.05) is 27.2 Å². The summed E-state index contributed by atoms with van der Waals surface area (Å²) in [6, 6.07) is 4.34. The Kier molecular flexibility index (Phi) is 5.23. The van der Waals surface area contributed by atoms with Crippen LogP contribution in [0.3, 0.4) is 0 Å². The number of hydrogen-bond acceptors (Lipinski definition) is 3. The number of likely N-dealkylation sites (tertiary alicyclic amines) is 1. The fourth-order valence-electron chi connectivity index (χ4n) is 3.07. The fraction of sp³-hybridized carbons (Fsp3) is 0.588. The first-order chi connectivity index (χ1) is 10.0. The van der Waals surface area contributed by atoms with Crippen LogP contribution in [-0.4, -0.2) is 38.1 Å². The summed E-state index contributed by atoms with van der Waals surface area (Å²) in [5.74, 6) is 1.60. The highest BCUT2D eigenvalue weighted by molar-refractivity contribution is 5.75. The molecule has 2 rings (SSSR count). The average Bonchev–Trinajstić information content (AvgIpc) is 2.89. The maximum Gasteiger partial charge on any atom is 0.220 e. The smallest absolute Gasteiger partial charge is 0.220 e. The van der Waals surface area contributed by atoms with Gasteiger partial charge in [0.1, 0.15) is 5.75 Å². The van der Waals surface area contributed by atoms with Gasteiger partial charge in [-0.05, 0) is 55.5 Å². The standard InChI is InChI=1S/C17H26N2O2/c1-12-8-16(21-4)13(2)7-15(12)11-19-6-5-14(10-19)9-17(20)18-3/h7-8,14H,5-6,9-11H2,1-4H3,(H,18,20). The topological polar surface area (TPSA) is 41.6 Å². The Hall–Kier alpha value is -1.55. The van der Waals surface area contributed by atoms with Gasteiger partial charge in [-0.2, -0.15) is 0 Å². The monoisotopic (exact) mass is 290 g/mol. The molecule has 1 atom stereocenters. The van der Waals surface area contributed by atoms with Crippen LogP contribution in [0.1, 0.15) is 29.5 Å². The van der Waals surface area contributed by atoms with E-state index in [0.29, 0.717) is 12.3 Å². The lowest BCUT2D eigenvalue weighted by molar-refractivity contribution is -0.121. The van der Waals surface area contributed by atoms with Crippen LogP contribution >= 0.6 is 0 Å². The number of benzene rings is 1. The van der Waals surface area contributed by atoms with E-state index in [9.17, 15) is 4.79 Å². The van der Waals surface area contributed by atoms with Crippen LogP contribution in [0.25, 0.3) is 0 Å². The molecule has 21 heavy (non-hydrogen) atoms. The van der Waals surface area contributed by atoms with E-state index < -0.39 is 0 Å². The minimum atomic E-state index is 0.151. The number of carbonyl (C=O) groups excluding carboxylic acids is 1. The van der Waals surface area contributed by atoms with Gasteiger partial charge in [-0.25, -0.2) is 0 Å². The van der Waals surface area contributed by atoms with Crippen LogP contribution in [0, 0.1) is 19.8 Å². The first-order valence-electron chi connectivity index (χ1n) is 7.60. The summed E-state index contributed by atoms with van der Waals surface area (Å²) in [5.41, 5.74) is 3.81. The molecule has 0 saturated carbocycles. The Morgan fingerprint density at radius 1 is 1.38 bits per heavy atom. The molecule has 1 aromatic rings. The van der Waals surface area contributed by atoms with Crippen LogP contribution in [0.4, 0.5) is 0 Å². The zero-order valence-electron chi connectivity index (χ0n) is 13.5. The van der Waals surface area contributed by atoms with Crippen molar-refractivity contribution in [3.63, 3.8) is 0 Å². The molecule has 1 aliphatic heterocycles. The number of hydrogen-bond donors (Lipinski definition) is 1. The molecule has 0 radical (unpaired) electrons. The lowest BCUT2D eigenvalue weighted by Crippen LogP contribution is -2.24. The molecule has 116 valence electrons. The fourth-order valence-corrected chi connectivity index (χ4v) is 3.07. The predicted molar refractivity (Wildman–Crippen MR) is 84.5 cm³/mol. The molecule has 0 bridgehead atoms. The van der Waals surface area contributed by atoms with E-state index >= 15 is 0 Å². The highest BCUT2D eigenvalue weighted by atomic mass is 16.5. The molecule has 1 heterocycles. The van der Waals surface area contributed by atoms with Crippen molar-refractivity contribution in [1.82, 2.24) is 10.2 Å². The van der Waals surface area contributed by atoms with Crippen LogP contribution in [0.5, 0.6) is 5.75 Å². The molecule has 4 heteroatoms. The van der Waals surface area contributed by atoms with E-state index in [4.69, 9.17) is 4.74 Å². The summed E-state index contributed by atoms with van der Waals surface area (Å²) in [5, 5.41) is 2.71. The number of amides is 1.